The van der Waals surface area contributed by atoms with Crippen molar-refractivity contribution in [2.24, 2.45) is 5.92 Å². The molecule has 31 heavy (non-hydrogen) atoms. The molecule has 1 N–H and O–H groups in total. The summed E-state index contributed by atoms with van der Waals surface area (Å²) < 4.78 is 16.9. The van der Waals surface area contributed by atoms with E-state index in [2.05, 4.69) is 34.2 Å². The molecule has 0 aliphatic carbocycles. The van der Waals surface area contributed by atoms with Crippen LogP contribution < -0.4 is 5.32 Å². The summed E-state index contributed by atoms with van der Waals surface area (Å²) >= 11 is 0. The summed E-state index contributed by atoms with van der Waals surface area (Å²) in [7, 11) is 0. The molecule has 1 atom stereocenters. The first kappa shape index (κ1) is 21.5. The van der Waals surface area contributed by atoms with Gasteiger partial charge in [-0.2, -0.15) is 0 Å². The lowest BCUT2D eigenvalue weighted by Crippen LogP contribution is -2.48. The second-order valence-corrected chi connectivity index (χ2v) is 8.69. The molecule has 8 heteroatoms. The third-order valence-electron chi connectivity index (χ3n) is 5.52. The first-order valence-electron chi connectivity index (χ1n) is 10.8. The van der Waals surface area contributed by atoms with Crippen LogP contribution in [0.4, 0.5) is 0 Å². The number of hydrogen-bond acceptors (Lipinski definition) is 7. The Bertz CT molecular complexity index is 1080. The number of hydrogen-bond donors (Lipinski definition) is 1. The highest BCUT2D eigenvalue weighted by Gasteiger charge is 2.24. The fourth-order valence-corrected chi connectivity index (χ4v) is 4.18. The lowest BCUT2D eigenvalue weighted by Gasteiger charge is -2.33. The highest BCUT2D eigenvalue weighted by atomic mass is 16.5. The molecular formula is C23H30N4O4. The summed E-state index contributed by atoms with van der Waals surface area (Å²) in [6.07, 6.45) is -0.0319. The molecule has 1 unspecified atom stereocenters. The summed E-state index contributed by atoms with van der Waals surface area (Å²) in [4.78, 5) is 20.1. The van der Waals surface area contributed by atoms with Gasteiger partial charge in [0.05, 0.1) is 35.0 Å². The van der Waals surface area contributed by atoms with Gasteiger partial charge in [-0.25, -0.2) is 4.98 Å². The standard InChI is InChI=1S/C23H30N4O4/c1-13(2)11-27-6-7-29-17(12-27)10-24-22(28)19-9-20(18-8-14(3)30-16(18)5)25-23-21(19)15(4)26-31-23/h8-9,13,17H,6-7,10-12H2,1-5H3,(H,24,28). The normalized spacial score (nSPS) is 17.5. The quantitative estimate of drug-likeness (QED) is 0.645. The number of aromatic nitrogens is 2. The fraction of sp³-hybridized carbons (Fsp3) is 0.522. The Morgan fingerprint density at radius 1 is 1.29 bits per heavy atom. The number of morpholine rings is 1. The van der Waals surface area contributed by atoms with E-state index in [4.69, 9.17) is 13.7 Å². The van der Waals surface area contributed by atoms with Crippen molar-refractivity contribution in [1.82, 2.24) is 20.4 Å². The Kier molecular flexibility index (Phi) is 6.11. The molecule has 0 bridgehead atoms. The van der Waals surface area contributed by atoms with E-state index in [9.17, 15) is 4.79 Å². The van der Waals surface area contributed by atoms with Crippen LogP contribution >= 0.6 is 0 Å². The first-order valence-corrected chi connectivity index (χ1v) is 10.8. The number of pyridine rings is 1. The number of fused-ring (bicyclic) bond motifs is 1. The predicted molar refractivity (Wildman–Crippen MR) is 117 cm³/mol. The number of nitrogens with one attached hydrogen (secondary N) is 1. The molecule has 0 saturated carbocycles. The molecule has 8 nitrogen and oxygen atoms in total. The Morgan fingerprint density at radius 3 is 2.81 bits per heavy atom. The van der Waals surface area contributed by atoms with Crippen LogP contribution in [-0.2, 0) is 4.74 Å². The van der Waals surface area contributed by atoms with Gasteiger partial charge in [-0.15, -0.1) is 0 Å². The van der Waals surface area contributed by atoms with Crippen molar-refractivity contribution < 1.29 is 18.5 Å². The monoisotopic (exact) mass is 426 g/mol. The minimum atomic E-state index is -0.192. The first-order chi connectivity index (χ1) is 14.8. The van der Waals surface area contributed by atoms with Gasteiger partial charge in [0.1, 0.15) is 11.5 Å². The van der Waals surface area contributed by atoms with Crippen molar-refractivity contribution in [3.8, 4) is 11.3 Å². The summed E-state index contributed by atoms with van der Waals surface area (Å²) in [5, 5.41) is 7.69. The number of amides is 1. The van der Waals surface area contributed by atoms with Crippen molar-refractivity contribution in [1.29, 1.82) is 0 Å². The number of ether oxygens (including phenoxy) is 1. The van der Waals surface area contributed by atoms with Crippen LogP contribution in [0.3, 0.4) is 0 Å². The van der Waals surface area contributed by atoms with Gasteiger partial charge in [-0.3, -0.25) is 9.69 Å². The SMILES string of the molecule is Cc1cc(-c2cc(C(=O)NCC3CN(CC(C)C)CCO3)c3c(C)noc3n2)c(C)o1. The van der Waals surface area contributed by atoms with Gasteiger partial charge in [-0.05, 0) is 38.8 Å². The lowest BCUT2D eigenvalue weighted by molar-refractivity contribution is -0.0295. The van der Waals surface area contributed by atoms with Crippen LogP contribution in [0.1, 0.15) is 41.4 Å². The van der Waals surface area contributed by atoms with E-state index >= 15 is 0 Å². The van der Waals surface area contributed by atoms with Crippen LogP contribution in [0.25, 0.3) is 22.4 Å². The number of aryl methyl sites for hydroxylation is 3. The zero-order valence-corrected chi connectivity index (χ0v) is 18.8. The molecule has 0 aromatic carbocycles. The molecule has 1 amide bonds. The van der Waals surface area contributed by atoms with Gasteiger partial charge in [0.15, 0.2) is 0 Å². The van der Waals surface area contributed by atoms with Gasteiger partial charge in [0.25, 0.3) is 11.6 Å². The van der Waals surface area contributed by atoms with E-state index in [0.29, 0.717) is 47.1 Å². The predicted octanol–water partition coefficient (Wildman–Crippen LogP) is 3.49. The van der Waals surface area contributed by atoms with Crippen LogP contribution in [0.15, 0.2) is 21.1 Å². The van der Waals surface area contributed by atoms with Crippen LogP contribution in [0.5, 0.6) is 0 Å². The zero-order valence-electron chi connectivity index (χ0n) is 18.8. The highest BCUT2D eigenvalue weighted by molar-refractivity contribution is 6.07. The minimum Gasteiger partial charge on any atom is -0.466 e. The molecule has 4 heterocycles. The van der Waals surface area contributed by atoms with E-state index < -0.39 is 0 Å². The van der Waals surface area contributed by atoms with E-state index in [1.54, 1.807) is 6.07 Å². The Balaban J connectivity index is 1.56. The molecule has 166 valence electrons. The smallest absolute Gasteiger partial charge is 0.259 e. The molecule has 4 rings (SSSR count). The summed E-state index contributed by atoms with van der Waals surface area (Å²) in [6.45, 7) is 13.9. The van der Waals surface area contributed by atoms with Crippen molar-refractivity contribution in [2.45, 2.75) is 40.7 Å². The summed E-state index contributed by atoms with van der Waals surface area (Å²) in [5.41, 5.74) is 2.93. The summed E-state index contributed by atoms with van der Waals surface area (Å²) in [5.74, 6) is 1.94. The molecule has 1 aliphatic heterocycles. The van der Waals surface area contributed by atoms with Gasteiger partial charge >= 0.3 is 0 Å². The van der Waals surface area contributed by atoms with Gasteiger partial charge < -0.3 is 19.0 Å². The maximum Gasteiger partial charge on any atom is 0.259 e. The van der Waals surface area contributed by atoms with Crippen molar-refractivity contribution >= 4 is 17.0 Å². The second kappa shape index (κ2) is 8.80. The highest BCUT2D eigenvalue weighted by Crippen LogP contribution is 2.30. The Hall–Kier alpha value is -2.71. The number of nitrogens with zero attached hydrogens (tertiary/aromatic N) is 3. The zero-order chi connectivity index (χ0) is 22.1. The summed E-state index contributed by atoms with van der Waals surface area (Å²) in [6, 6.07) is 3.69. The lowest BCUT2D eigenvalue weighted by atomic mass is 10.1. The van der Waals surface area contributed by atoms with E-state index in [-0.39, 0.29) is 12.0 Å². The van der Waals surface area contributed by atoms with Crippen molar-refractivity contribution in [3.05, 3.63) is 34.9 Å². The Labute approximate surface area is 181 Å². The third-order valence-corrected chi connectivity index (χ3v) is 5.52. The fourth-order valence-electron chi connectivity index (χ4n) is 4.18. The maximum atomic E-state index is 13.2. The number of furan rings is 1. The van der Waals surface area contributed by atoms with E-state index in [1.165, 1.54) is 0 Å². The van der Waals surface area contributed by atoms with Gasteiger partial charge in [0.2, 0.25) is 0 Å². The van der Waals surface area contributed by atoms with Crippen LogP contribution in [-0.4, -0.2) is 59.8 Å². The molecule has 0 radical (unpaired) electrons. The molecule has 1 aliphatic rings. The van der Waals surface area contributed by atoms with Crippen LogP contribution in [0, 0.1) is 26.7 Å². The molecular weight excluding hydrogens is 396 g/mol. The van der Waals surface area contributed by atoms with Gasteiger partial charge in [-0.1, -0.05) is 19.0 Å². The van der Waals surface area contributed by atoms with E-state index in [1.807, 2.05) is 26.8 Å². The maximum absolute atomic E-state index is 13.2. The molecule has 3 aromatic rings. The number of carbonyl (C=O) groups excluding carboxylic acids is 1. The number of rotatable bonds is 6. The molecule has 3 aromatic heterocycles. The van der Waals surface area contributed by atoms with Crippen molar-refractivity contribution in [2.75, 3.05) is 32.8 Å². The van der Waals surface area contributed by atoms with Gasteiger partial charge in [0, 0.05) is 31.7 Å². The largest absolute Gasteiger partial charge is 0.466 e. The molecule has 1 fully saturated rings. The van der Waals surface area contributed by atoms with E-state index in [0.717, 1.165) is 36.7 Å². The Morgan fingerprint density at radius 2 is 2.10 bits per heavy atom. The van der Waals surface area contributed by atoms with Crippen molar-refractivity contribution in [3.63, 3.8) is 0 Å². The average molecular weight is 427 g/mol. The number of carbonyl (C=O) groups is 1. The second-order valence-electron chi connectivity index (χ2n) is 8.69. The average Bonchev–Trinajstić information content (AvgIpc) is 3.26. The third kappa shape index (κ3) is 4.65. The molecule has 0 spiro atoms. The molecule has 1 saturated heterocycles. The minimum absolute atomic E-state index is 0.0319. The topological polar surface area (TPSA) is 93.6 Å². The van der Waals surface area contributed by atoms with Crippen LogP contribution in [0.2, 0.25) is 0 Å².